The number of aromatic nitrogens is 2. The zero-order valence-corrected chi connectivity index (χ0v) is 11.4. The minimum Gasteiger partial charge on any atom is -0.409 e. The number of aryl methyl sites for hydroxylation is 1. The highest BCUT2D eigenvalue weighted by molar-refractivity contribution is 7.99. The lowest BCUT2D eigenvalue weighted by molar-refractivity contribution is 0.316. The summed E-state index contributed by atoms with van der Waals surface area (Å²) in [5, 5.41) is 16.2. The molecule has 0 saturated heterocycles. The Morgan fingerprint density at radius 2 is 2.21 bits per heavy atom. The fourth-order valence-electron chi connectivity index (χ4n) is 1.76. The van der Waals surface area contributed by atoms with Gasteiger partial charge in [-0.05, 0) is 5.56 Å². The van der Waals surface area contributed by atoms with Gasteiger partial charge in [0.15, 0.2) is 0 Å². The summed E-state index contributed by atoms with van der Waals surface area (Å²) >= 11 is 1.63. The van der Waals surface area contributed by atoms with E-state index in [1.54, 1.807) is 22.6 Å². The predicted molar refractivity (Wildman–Crippen MR) is 76.5 cm³/mol. The van der Waals surface area contributed by atoms with Gasteiger partial charge in [-0.3, -0.25) is 4.68 Å². The van der Waals surface area contributed by atoms with E-state index in [0.29, 0.717) is 5.75 Å². The van der Waals surface area contributed by atoms with Crippen molar-refractivity contribution in [3.8, 4) is 0 Å². The molecule has 1 unspecified atom stereocenters. The Hall–Kier alpha value is -1.95. The molecule has 0 fully saturated rings. The lowest BCUT2D eigenvalue weighted by Gasteiger charge is -2.14. The summed E-state index contributed by atoms with van der Waals surface area (Å²) in [4.78, 5) is 1.06. The molecule has 6 heteroatoms. The van der Waals surface area contributed by atoms with Crippen LogP contribution in [0.25, 0.3) is 0 Å². The average molecular weight is 276 g/mol. The number of nitrogens with two attached hydrogens (primary N) is 1. The van der Waals surface area contributed by atoms with E-state index in [1.807, 2.05) is 43.6 Å². The highest BCUT2D eigenvalue weighted by Crippen LogP contribution is 2.26. The van der Waals surface area contributed by atoms with Gasteiger partial charge in [0, 0.05) is 23.9 Å². The average Bonchev–Trinajstić information content (AvgIpc) is 2.85. The van der Waals surface area contributed by atoms with Crippen molar-refractivity contribution in [2.75, 3.05) is 5.75 Å². The largest absolute Gasteiger partial charge is 0.409 e. The molecule has 1 heterocycles. The van der Waals surface area contributed by atoms with Gasteiger partial charge in [0.05, 0.1) is 12.1 Å². The summed E-state index contributed by atoms with van der Waals surface area (Å²) in [6, 6.07) is 9.80. The van der Waals surface area contributed by atoms with Crippen LogP contribution in [0.4, 0.5) is 0 Å². The summed E-state index contributed by atoms with van der Waals surface area (Å²) in [5.41, 5.74) is 6.82. The van der Waals surface area contributed by atoms with Crippen molar-refractivity contribution in [3.05, 3.63) is 48.3 Å². The molecular formula is C13H16N4OS. The lowest BCUT2D eigenvalue weighted by Crippen LogP contribution is -2.23. The standard InChI is InChI=1S/C13H16N4OS/c1-17-8-11(7-15-17)19-9-12(13(14)16-18)10-5-3-2-4-6-10/h2-8,12,18H,9H2,1H3,(H2,14,16). The molecule has 0 bridgehead atoms. The molecule has 19 heavy (non-hydrogen) atoms. The molecule has 0 saturated carbocycles. The van der Waals surface area contributed by atoms with Crippen molar-refractivity contribution < 1.29 is 5.21 Å². The molecule has 1 aromatic carbocycles. The van der Waals surface area contributed by atoms with Crippen LogP contribution in [0.3, 0.4) is 0 Å². The maximum Gasteiger partial charge on any atom is 0.147 e. The van der Waals surface area contributed by atoms with Crippen molar-refractivity contribution in [2.24, 2.45) is 17.9 Å². The first kappa shape index (κ1) is 13.5. The Kier molecular flexibility index (Phi) is 4.46. The Morgan fingerprint density at radius 1 is 1.47 bits per heavy atom. The van der Waals surface area contributed by atoms with Crippen LogP contribution in [-0.2, 0) is 7.05 Å². The van der Waals surface area contributed by atoms with E-state index < -0.39 is 0 Å². The molecule has 0 aliphatic heterocycles. The molecule has 2 rings (SSSR count). The van der Waals surface area contributed by atoms with Crippen molar-refractivity contribution in [1.29, 1.82) is 0 Å². The van der Waals surface area contributed by atoms with Crippen LogP contribution in [0.5, 0.6) is 0 Å². The van der Waals surface area contributed by atoms with Crippen LogP contribution >= 0.6 is 11.8 Å². The molecule has 2 aromatic rings. The smallest absolute Gasteiger partial charge is 0.147 e. The van der Waals surface area contributed by atoms with Crippen molar-refractivity contribution in [2.45, 2.75) is 10.8 Å². The zero-order chi connectivity index (χ0) is 13.7. The van der Waals surface area contributed by atoms with Crippen LogP contribution in [0.15, 0.2) is 52.8 Å². The lowest BCUT2D eigenvalue weighted by atomic mass is 10.0. The van der Waals surface area contributed by atoms with E-state index in [2.05, 4.69) is 10.3 Å². The third-order valence-electron chi connectivity index (χ3n) is 2.77. The van der Waals surface area contributed by atoms with Crippen molar-refractivity contribution >= 4 is 17.6 Å². The number of rotatable bonds is 5. The van der Waals surface area contributed by atoms with Gasteiger partial charge in [-0.25, -0.2) is 0 Å². The quantitative estimate of drug-likeness (QED) is 0.288. The zero-order valence-electron chi connectivity index (χ0n) is 10.6. The molecular weight excluding hydrogens is 260 g/mol. The third-order valence-corrected chi connectivity index (χ3v) is 3.82. The van der Waals surface area contributed by atoms with E-state index >= 15 is 0 Å². The number of oxime groups is 1. The van der Waals surface area contributed by atoms with E-state index in [-0.39, 0.29) is 11.8 Å². The van der Waals surface area contributed by atoms with Gasteiger partial charge in [-0.1, -0.05) is 35.5 Å². The van der Waals surface area contributed by atoms with E-state index in [0.717, 1.165) is 10.5 Å². The molecule has 3 N–H and O–H groups in total. The monoisotopic (exact) mass is 276 g/mol. The SMILES string of the molecule is Cn1cc(SCC(C(N)=NO)c2ccccc2)cn1. The highest BCUT2D eigenvalue weighted by atomic mass is 32.2. The highest BCUT2D eigenvalue weighted by Gasteiger charge is 2.17. The summed E-state index contributed by atoms with van der Waals surface area (Å²) in [6.45, 7) is 0. The maximum absolute atomic E-state index is 8.91. The fourth-order valence-corrected chi connectivity index (χ4v) is 2.83. The van der Waals surface area contributed by atoms with Gasteiger partial charge in [0.25, 0.3) is 0 Å². The first-order chi connectivity index (χ1) is 9.20. The number of thioether (sulfide) groups is 1. The van der Waals surface area contributed by atoms with Gasteiger partial charge in [-0.2, -0.15) is 5.10 Å². The first-order valence-electron chi connectivity index (χ1n) is 5.84. The second kappa shape index (κ2) is 6.29. The van der Waals surface area contributed by atoms with Crippen LogP contribution in [0, 0.1) is 0 Å². The number of hydrogen-bond acceptors (Lipinski definition) is 4. The van der Waals surface area contributed by atoms with Gasteiger partial charge >= 0.3 is 0 Å². The van der Waals surface area contributed by atoms with Gasteiger partial charge in [-0.15, -0.1) is 11.8 Å². The number of hydrogen-bond donors (Lipinski definition) is 2. The molecule has 0 radical (unpaired) electrons. The Balaban J connectivity index is 2.11. The molecule has 0 aliphatic rings. The van der Waals surface area contributed by atoms with Gasteiger partial charge in [0.1, 0.15) is 5.84 Å². The molecule has 0 aliphatic carbocycles. The van der Waals surface area contributed by atoms with Gasteiger partial charge in [0.2, 0.25) is 0 Å². The van der Waals surface area contributed by atoms with Gasteiger partial charge < -0.3 is 10.9 Å². The minimum absolute atomic E-state index is 0.114. The second-order valence-corrected chi connectivity index (χ2v) is 5.24. The molecule has 1 aromatic heterocycles. The second-order valence-electron chi connectivity index (χ2n) is 4.15. The Bertz CT molecular complexity index is 553. The fraction of sp³-hybridized carbons (Fsp3) is 0.231. The van der Waals surface area contributed by atoms with Crippen LogP contribution < -0.4 is 5.73 Å². The Labute approximate surface area is 116 Å². The molecule has 0 amide bonds. The number of amidine groups is 1. The Morgan fingerprint density at radius 3 is 2.79 bits per heavy atom. The molecule has 1 atom stereocenters. The molecule has 100 valence electrons. The normalized spacial score (nSPS) is 13.4. The topological polar surface area (TPSA) is 76.4 Å². The van der Waals surface area contributed by atoms with Crippen LogP contribution in [0.1, 0.15) is 11.5 Å². The molecule has 5 nitrogen and oxygen atoms in total. The number of nitrogens with zero attached hydrogens (tertiary/aromatic N) is 3. The maximum atomic E-state index is 8.91. The van der Waals surface area contributed by atoms with E-state index in [4.69, 9.17) is 10.9 Å². The van der Waals surface area contributed by atoms with Crippen LogP contribution in [-0.4, -0.2) is 26.6 Å². The predicted octanol–water partition coefficient (Wildman–Crippen LogP) is 2.04. The number of benzene rings is 1. The van der Waals surface area contributed by atoms with Crippen molar-refractivity contribution in [3.63, 3.8) is 0 Å². The summed E-state index contributed by atoms with van der Waals surface area (Å²) in [7, 11) is 1.88. The summed E-state index contributed by atoms with van der Waals surface area (Å²) in [6.07, 6.45) is 3.75. The minimum atomic E-state index is -0.114. The third kappa shape index (κ3) is 3.51. The van der Waals surface area contributed by atoms with E-state index in [9.17, 15) is 0 Å². The van der Waals surface area contributed by atoms with Crippen LogP contribution in [0.2, 0.25) is 0 Å². The molecule has 0 spiro atoms. The van der Waals surface area contributed by atoms with E-state index in [1.165, 1.54) is 0 Å². The summed E-state index contributed by atoms with van der Waals surface area (Å²) in [5.74, 6) is 0.810. The first-order valence-corrected chi connectivity index (χ1v) is 6.83. The summed E-state index contributed by atoms with van der Waals surface area (Å²) < 4.78 is 1.75. The van der Waals surface area contributed by atoms with Crippen molar-refractivity contribution in [1.82, 2.24) is 9.78 Å².